The van der Waals surface area contributed by atoms with Gasteiger partial charge >= 0.3 is 0 Å². The minimum atomic E-state index is -0.178. The summed E-state index contributed by atoms with van der Waals surface area (Å²) in [7, 11) is 0. The monoisotopic (exact) mass is 223 g/mol. The smallest absolute Gasteiger partial charge is 0.173 e. The number of halogens is 1. The van der Waals surface area contributed by atoms with E-state index in [1.165, 1.54) is 25.5 Å². The van der Waals surface area contributed by atoms with Crippen molar-refractivity contribution in [2.45, 2.75) is 43.2 Å². The Labute approximate surface area is 94.9 Å². The standard InChI is InChI=1S/C11H15BFNS/c1-12(2)9-6-11(14-7-10(9)13)15-8-4-3-5-8/h6-8H,3-5H2,1-2H3. The molecule has 1 aliphatic carbocycles. The molecule has 1 aromatic rings. The molecular formula is C11H15BFNS. The summed E-state index contributed by atoms with van der Waals surface area (Å²) in [5, 5.41) is 1.69. The number of rotatable bonds is 3. The van der Waals surface area contributed by atoms with Crippen LogP contribution in [0.3, 0.4) is 0 Å². The first-order valence-corrected chi connectivity index (χ1v) is 6.37. The molecule has 1 saturated carbocycles. The Bertz CT molecular complexity index is 352. The Morgan fingerprint density at radius 3 is 2.73 bits per heavy atom. The van der Waals surface area contributed by atoms with Crippen LogP contribution in [0.15, 0.2) is 17.3 Å². The third-order valence-corrected chi connectivity index (χ3v) is 4.09. The lowest BCUT2D eigenvalue weighted by molar-refractivity contribution is 0.521. The van der Waals surface area contributed by atoms with Gasteiger partial charge < -0.3 is 0 Å². The molecule has 0 aliphatic heterocycles. The maximum absolute atomic E-state index is 13.4. The van der Waals surface area contributed by atoms with Gasteiger partial charge in [-0.3, -0.25) is 0 Å². The second kappa shape index (κ2) is 4.56. The molecule has 1 heterocycles. The fraction of sp³-hybridized carbons (Fsp3) is 0.545. The van der Waals surface area contributed by atoms with E-state index in [4.69, 9.17) is 0 Å². The molecule has 1 aromatic heterocycles. The molecule has 0 N–H and O–H groups in total. The molecule has 1 aliphatic rings. The van der Waals surface area contributed by atoms with Gasteiger partial charge in [0, 0.05) is 5.25 Å². The Hall–Kier alpha value is -0.505. The summed E-state index contributed by atoms with van der Waals surface area (Å²) in [4.78, 5) is 4.13. The van der Waals surface area contributed by atoms with Crippen LogP contribution in [0.5, 0.6) is 0 Å². The number of hydrogen-bond donors (Lipinski definition) is 0. The third-order valence-electron chi connectivity index (χ3n) is 2.82. The number of pyridine rings is 1. The van der Waals surface area contributed by atoms with Crippen LogP contribution in [0, 0.1) is 5.82 Å². The van der Waals surface area contributed by atoms with Crippen molar-refractivity contribution in [1.82, 2.24) is 4.98 Å². The van der Waals surface area contributed by atoms with Crippen molar-refractivity contribution in [2.75, 3.05) is 0 Å². The molecule has 4 heteroatoms. The van der Waals surface area contributed by atoms with Crippen molar-refractivity contribution < 1.29 is 4.39 Å². The SMILES string of the molecule is CB(C)c1cc(SC2CCC2)ncc1F. The molecule has 1 fully saturated rings. The molecule has 0 radical (unpaired) electrons. The van der Waals surface area contributed by atoms with Gasteiger partial charge in [0.05, 0.1) is 11.2 Å². The highest BCUT2D eigenvalue weighted by atomic mass is 32.2. The van der Waals surface area contributed by atoms with Crippen molar-refractivity contribution in [3.8, 4) is 0 Å². The summed E-state index contributed by atoms with van der Waals surface area (Å²) in [6, 6.07) is 1.91. The van der Waals surface area contributed by atoms with Gasteiger partial charge in [-0.2, -0.15) is 0 Å². The zero-order valence-corrected chi connectivity index (χ0v) is 9.98. The Morgan fingerprint density at radius 2 is 2.20 bits per heavy atom. The van der Waals surface area contributed by atoms with Crippen LogP contribution in [0.4, 0.5) is 4.39 Å². The van der Waals surface area contributed by atoms with Crippen LogP contribution in [0.1, 0.15) is 19.3 Å². The average molecular weight is 223 g/mol. The molecule has 2 rings (SSSR count). The van der Waals surface area contributed by atoms with Gasteiger partial charge in [0.15, 0.2) is 6.71 Å². The highest BCUT2D eigenvalue weighted by Gasteiger charge is 2.20. The average Bonchev–Trinajstić information content (AvgIpc) is 2.13. The number of thioether (sulfide) groups is 1. The van der Waals surface area contributed by atoms with Crippen molar-refractivity contribution in [2.24, 2.45) is 0 Å². The van der Waals surface area contributed by atoms with Crippen molar-refractivity contribution in [3.05, 3.63) is 18.1 Å². The lowest BCUT2D eigenvalue weighted by Gasteiger charge is -2.24. The first-order valence-electron chi connectivity index (χ1n) is 5.49. The summed E-state index contributed by atoms with van der Waals surface area (Å²) in [5.74, 6) is -0.178. The van der Waals surface area contributed by atoms with Gasteiger partial charge in [0.2, 0.25) is 0 Å². The number of nitrogens with zero attached hydrogens (tertiary/aromatic N) is 1. The summed E-state index contributed by atoms with van der Waals surface area (Å²) in [6.07, 6.45) is 5.24. The first kappa shape index (κ1) is 11.0. The lowest BCUT2D eigenvalue weighted by Crippen LogP contribution is -2.27. The molecule has 0 amide bonds. The molecule has 0 atom stereocenters. The molecule has 0 aromatic carbocycles. The quantitative estimate of drug-likeness (QED) is 0.731. The zero-order valence-electron chi connectivity index (χ0n) is 9.16. The zero-order chi connectivity index (χ0) is 10.8. The molecule has 0 saturated heterocycles. The largest absolute Gasteiger partial charge is 0.247 e. The summed E-state index contributed by atoms with van der Waals surface area (Å²) >= 11 is 1.79. The van der Waals surface area contributed by atoms with Crippen molar-refractivity contribution in [3.63, 3.8) is 0 Å². The van der Waals surface area contributed by atoms with Crippen LogP contribution in [-0.2, 0) is 0 Å². The van der Waals surface area contributed by atoms with Crippen LogP contribution < -0.4 is 5.46 Å². The minimum Gasteiger partial charge on any atom is -0.247 e. The summed E-state index contributed by atoms with van der Waals surface area (Å²) in [5.41, 5.74) is 0.784. The number of hydrogen-bond acceptors (Lipinski definition) is 2. The van der Waals surface area contributed by atoms with Crippen LogP contribution in [0.25, 0.3) is 0 Å². The van der Waals surface area contributed by atoms with Gasteiger partial charge in [0.1, 0.15) is 5.82 Å². The van der Waals surface area contributed by atoms with Gasteiger partial charge in [-0.05, 0) is 24.4 Å². The molecule has 80 valence electrons. The molecule has 1 nitrogen and oxygen atoms in total. The van der Waals surface area contributed by atoms with E-state index in [1.54, 1.807) is 11.8 Å². The van der Waals surface area contributed by atoms with Crippen molar-refractivity contribution in [1.29, 1.82) is 0 Å². The number of aromatic nitrogens is 1. The lowest BCUT2D eigenvalue weighted by atomic mass is 9.49. The highest BCUT2D eigenvalue weighted by molar-refractivity contribution is 7.99. The molecular weight excluding hydrogens is 208 g/mol. The fourth-order valence-electron chi connectivity index (χ4n) is 1.60. The third kappa shape index (κ3) is 2.54. The van der Waals surface area contributed by atoms with Gasteiger partial charge in [-0.15, -0.1) is 11.8 Å². The Kier molecular flexibility index (Phi) is 3.34. The predicted molar refractivity (Wildman–Crippen MR) is 64.8 cm³/mol. The normalized spacial score (nSPS) is 16.2. The van der Waals surface area contributed by atoms with E-state index in [0.29, 0.717) is 5.25 Å². The maximum atomic E-state index is 13.4. The van der Waals surface area contributed by atoms with E-state index < -0.39 is 0 Å². The first-order chi connectivity index (χ1) is 7.16. The Balaban J connectivity index is 2.14. The van der Waals surface area contributed by atoms with Crippen molar-refractivity contribution >= 4 is 23.9 Å². The van der Waals surface area contributed by atoms with Crippen LogP contribution >= 0.6 is 11.8 Å². The molecule has 0 spiro atoms. The topological polar surface area (TPSA) is 12.9 Å². The van der Waals surface area contributed by atoms with Crippen LogP contribution in [0.2, 0.25) is 13.6 Å². The van der Waals surface area contributed by atoms with Gasteiger partial charge in [-0.25, -0.2) is 9.37 Å². The molecule has 15 heavy (non-hydrogen) atoms. The van der Waals surface area contributed by atoms with Crippen LogP contribution in [-0.4, -0.2) is 16.9 Å². The second-order valence-electron chi connectivity index (χ2n) is 4.37. The van der Waals surface area contributed by atoms with E-state index >= 15 is 0 Å². The highest BCUT2D eigenvalue weighted by Crippen LogP contribution is 2.35. The molecule has 0 bridgehead atoms. The van der Waals surface area contributed by atoms with Gasteiger partial charge in [0.25, 0.3) is 0 Å². The van der Waals surface area contributed by atoms with E-state index in [0.717, 1.165) is 10.5 Å². The summed E-state index contributed by atoms with van der Waals surface area (Å²) < 4.78 is 13.4. The van der Waals surface area contributed by atoms with E-state index in [1.807, 2.05) is 19.7 Å². The molecule has 0 unspecified atom stereocenters. The van der Waals surface area contributed by atoms with E-state index in [9.17, 15) is 4.39 Å². The second-order valence-corrected chi connectivity index (χ2v) is 5.69. The van der Waals surface area contributed by atoms with E-state index in [2.05, 4.69) is 4.98 Å². The van der Waals surface area contributed by atoms with Gasteiger partial charge in [-0.1, -0.05) is 20.1 Å². The predicted octanol–water partition coefficient (Wildman–Crippen LogP) is 2.83. The maximum Gasteiger partial charge on any atom is 0.173 e. The fourth-order valence-corrected chi connectivity index (χ4v) is 2.82. The minimum absolute atomic E-state index is 0.178. The summed E-state index contributed by atoms with van der Waals surface area (Å²) in [6.45, 7) is 4.25. The van der Waals surface area contributed by atoms with E-state index in [-0.39, 0.29) is 12.5 Å². The Morgan fingerprint density at radius 1 is 1.47 bits per heavy atom.